The average molecular weight is 1110 g/mol. The molecule has 0 aliphatic carbocycles. The van der Waals surface area contributed by atoms with E-state index < -0.39 is 12.1 Å². The predicted molar refractivity (Wildman–Crippen MR) is 347 cm³/mol. The molecule has 0 heterocycles. The van der Waals surface area contributed by atoms with E-state index in [0.29, 0.717) is 25.9 Å². The van der Waals surface area contributed by atoms with Gasteiger partial charge in [0, 0.05) is 12.8 Å². The molecule has 0 radical (unpaired) electrons. The second-order valence-electron chi connectivity index (χ2n) is 24.6. The average Bonchev–Trinajstić information content (AvgIpc) is 3.45. The van der Waals surface area contributed by atoms with Crippen molar-refractivity contribution in [2.24, 2.45) is 0 Å². The Morgan fingerprint density at radius 2 is 0.658 bits per heavy atom. The monoisotopic (exact) mass is 1110 g/mol. The van der Waals surface area contributed by atoms with Gasteiger partial charge in [0.1, 0.15) is 0 Å². The van der Waals surface area contributed by atoms with Crippen LogP contribution < -0.4 is 5.32 Å². The van der Waals surface area contributed by atoms with E-state index >= 15 is 0 Å². The van der Waals surface area contributed by atoms with Crippen molar-refractivity contribution in [3.63, 3.8) is 0 Å². The zero-order valence-electron chi connectivity index (χ0n) is 53.4. The minimum Gasteiger partial charge on any atom is -0.466 e. The molecular weight excluding hydrogens is 971 g/mol. The van der Waals surface area contributed by atoms with Crippen molar-refractivity contribution in [2.45, 2.75) is 405 Å². The lowest BCUT2D eigenvalue weighted by Crippen LogP contribution is -2.45. The molecule has 6 nitrogen and oxygen atoms in total. The summed E-state index contributed by atoms with van der Waals surface area (Å²) in [5.74, 6) is -0.0253. The van der Waals surface area contributed by atoms with Crippen molar-refractivity contribution in [3.05, 3.63) is 36.5 Å². The molecule has 466 valence electrons. The number of carbonyl (C=O) groups excluding carboxylic acids is 2. The van der Waals surface area contributed by atoms with E-state index in [1.807, 2.05) is 0 Å². The van der Waals surface area contributed by atoms with Crippen LogP contribution in [0.4, 0.5) is 0 Å². The number of esters is 1. The van der Waals surface area contributed by atoms with Crippen molar-refractivity contribution in [1.29, 1.82) is 0 Å². The van der Waals surface area contributed by atoms with Gasteiger partial charge in [-0.3, -0.25) is 9.59 Å². The Morgan fingerprint density at radius 3 is 1.03 bits per heavy atom. The minimum atomic E-state index is -0.662. The third-order valence-corrected chi connectivity index (χ3v) is 16.6. The van der Waals surface area contributed by atoms with E-state index in [9.17, 15) is 19.8 Å². The highest BCUT2D eigenvalue weighted by molar-refractivity contribution is 5.76. The second-order valence-corrected chi connectivity index (χ2v) is 24.6. The molecule has 0 aliphatic heterocycles. The Kier molecular flexibility index (Phi) is 66.9. The van der Waals surface area contributed by atoms with Crippen LogP contribution in [0.1, 0.15) is 393 Å². The summed E-state index contributed by atoms with van der Waals surface area (Å²) >= 11 is 0. The van der Waals surface area contributed by atoms with Crippen LogP contribution in [0.3, 0.4) is 0 Å². The molecule has 2 atom stereocenters. The van der Waals surface area contributed by atoms with Crippen LogP contribution in [-0.4, -0.2) is 47.4 Å². The maximum Gasteiger partial charge on any atom is 0.305 e. The summed E-state index contributed by atoms with van der Waals surface area (Å²) in [6.07, 6.45) is 87.8. The third-order valence-electron chi connectivity index (χ3n) is 16.6. The number of rotatable bonds is 67. The van der Waals surface area contributed by atoms with Gasteiger partial charge >= 0.3 is 5.97 Å². The lowest BCUT2D eigenvalue weighted by atomic mass is 10.0. The number of aliphatic hydroxyl groups excluding tert-OH is 2. The minimum absolute atomic E-state index is 0.00355. The van der Waals surface area contributed by atoms with Crippen molar-refractivity contribution >= 4 is 11.9 Å². The van der Waals surface area contributed by atoms with E-state index in [4.69, 9.17) is 4.74 Å². The van der Waals surface area contributed by atoms with Crippen LogP contribution in [0.15, 0.2) is 36.5 Å². The van der Waals surface area contributed by atoms with Crippen LogP contribution >= 0.6 is 0 Å². The molecule has 0 bridgehead atoms. The number of hydrogen-bond donors (Lipinski definition) is 3. The van der Waals surface area contributed by atoms with Gasteiger partial charge in [-0.25, -0.2) is 0 Å². The maximum atomic E-state index is 12.5. The first kappa shape index (κ1) is 77.1. The molecule has 0 rings (SSSR count). The van der Waals surface area contributed by atoms with E-state index in [1.165, 1.54) is 308 Å². The van der Waals surface area contributed by atoms with Gasteiger partial charge in [-0.1, -0.05) is 339 Å². The number of ether oxygens (including phenoxy) is 1. The van der Waals surface area contributed by atoms with Crippen molar-refractivity contribution in [3.8, 4) is 0 Å². The van der Waals surface area contributed by atoms with Gasteiger partial charge in [0.2, 0.25) is 5.91 Å². The Balaban J connectivity index is 3.35. The van der Waals surface area contributed by atoms with Gasteiger partial charge in [0.15, 0.2) is 0 Å². The molecule has 6 heteroatoms. The molecular formula is C73H139NO5. The summed E-state index contributed by atoms with van der Waals surface area (Å²) < 4.78 is 5.48. The fourth-order valence-corrected chi connectivity index (χ4v) is 11.2. The highest BCUT2D eigenvalue weighted by atomic mass is 16.5. The van der Waals surface area contributed by atoms with Crippen LogP contribution in [0.5, 0.6) is 0 Å². The zero-order chi connectivity index (χ0) is 57.1. The maximum absolute atomic E-state index is 12.5. The molecule has 0 aromatic rings. The standard InChI is InChI=1S/C73H139NO5/c1-3-5-7-9-11-13-15-17-18-38-42-45-49-53-57-61-65-71(76)70(69-75)74-72(77)66-62-58-54-50-46-43-39-36-34-32-30-28-26-24-22-20-19-21-23-25-27-29-31-33-35-37-40-44-48-52-56-60-64-68-79-73(78)67-63-59-55-51-47-41-16-14-12-10-8-6-4-2/h8,10,14,16,23,25,70-71,75-76H,3-7,9,11-13,15,17-22,24,26-69H2,1-2H3,(H,74,77)/b10-8-,16-14-,25-23-. The topological polar surface area (TPSA) is 95.9 Å². The lowest BCUT2D eigenvalue weighted by molar-refractivity contribution is -0.143. The zero-order valence-corrected chi connectivity index (χ0v) is 53.4. The Bertz CT molecular complexity index is 1280. The molecule has 0 spiro atoms. The summed E-state index contributed by atoms with van der Waals surface area (Å²) in [4.78, 5) is 24.6. The van der Waals surface area contributed by atoms with E-state index in [-0.39, 0.29) is 18.5 Å². The summed E-state index contributed by atoms with van der Waals surface area (Å²) in [5.41, 5.74) is 0. The largest absolute Gasteiger partial charge is 0.466 e. The van der Waals surface area contributed by atoms with Crippen LogP contribution in [0, 0.1) is 0 Å². The van der Waals surface area contributed by atoms with Gasteiger partial charge in [-0.15, -0.1) is 0 Å². The normalized spacial score (nSPS) is 12.7. The quantitative estimate of drug-likeness (QED) is 0.0320. The van der Waals surface area contributed by atoms with Crippen LogP contribution in [0.2, 0.25) is 0 Å². The van der Waals surface area contributed by atoms with E-state index in [2.05, 4.69) is 55.6 Å². The molecule has 0 aliphatic rings. The Hall–Kier alpha value is -1.92. The Morgan fingerprint density at radius 1 is 0.354 bits per heavy atom. The summed E-state index contributed by atoms with van der Waals surface area (Å²) in [6.45, 7) is 4.91. The van der Waals surface area contributed by atoms with E-state index in [0.717, 1.165) is 51.4 Å². The fraction of sp³-hybridized carbons (Fsp3) is 0.890. The molecule has 3 N–H and O–H groups in total. The number of unbranched alkanes of at least 4 members (excludes halogenated alkanes) is 50. The highest BCUT2D eigenvalue weighted by Crippen LogP contribution is 2.19. The van der Waals surface area contributed by atoms with Gasteiger partial charge in [-0.2, -0.15) is 0 Å². The van der Waals surface area contributed by atoms with Crippen molar-refractivity contribution in [1.82, 2.24) is 5.32 Å². The summed E-state index contributed by atoms with van der Waals surface area (Å²) in [6, 6.07) is -0.539. The first-order valence-electron chi connectivity index (χ1n) is 35.7. The van der Waals surface area contributed by atoms with Gasteiger partial charge < -0.3 is 20.3 Å². The molecule has 0 saturated heterocycles. The molecule has 0 aromatic carbocycles. The first-order valence-corrected chi connectivity index (χ1v) is 35.7. The van der Waals surface area contributed by atoms with Gasteiger partial charge in [0.25, 0.3) is 0 Å². The molecule has 0 fully saturated rings. The number of nitrogens with one attached hydrogen (secondary N) is 1. The van der Waals surface area contributed by atoms with Crippen LogP contribution in [-0.2, 0) is 14.3 Å². The van der Waals surface area contributed by atoms with Crippen LogP contribution in [0.25, 0.3) is 0 Å². The summed E-state index contributed by atoms with van der Waals surface area (Å²) in [7, 11) is 0. The number of allylic oxidation sites excluding steroid dienone is 6. The number of amides is 1. The number of aliphatic hydroxyl groups is 2. The SMILES string of the molecule is CCC/C=C\C/C=C\CCCCCCCC(=O)OCCCCCCCCCCCCCC/C=C\CCCCCCCCCCCCCCCCCCCC(=O)NC(CO)C(O)CCCCCCCCCCCCCCCCCC. The first-order chi connectivity index (χ1) is 39.0. The van der Waals surface area contributed by atoms with Crippen molar-refractivity contribution < 1.29 is 24.5 Å². The predicted octanol–water partition coefficient (Wildman–Crippen LogP) is 23.1. The van der Waals surface area contributed by atoms with E-state index in [1.54, 1.807) is 0 Å². The molecule has 2 unspecified atom stereocenters. The third kappa shape index (κ3) is 65.1. The number of hydrogen-bond acceptors (Lipinski definition) is 5. The number of carbonyl (C=O) groups is 2. The molecule has 0 aromatic heterocycles. The highest BCUT2D eigenvalue weighted by Gasteiger charge is 2.20. The Labute approximate surface area is 494 Å². The molecule has 0 saturated carbocycles. The fourth-order valence-electron chi connectivity index (χ4n) is 11.2. The van der Waals surface area contributed by atoms with Gasteiger partial charge in [-0.05, 0) is 77.0 Å². The lowest BCUT2D eigenvalue weighted by Gasteiger charge is -2.22. The second kappa shape index (κ2) is 68.6. The van der Waals surface area contributed by atoms with Crippen molar-refractivity contribution in [2.75, 3.05) is 13.2 Å². The summed E-state index contributed by atoms with van der Waals surface area (Å²) in [5, 5.41) is 23.4. The smallest absolute Gasteiger partial charge is 0.305 e. The molecule has 1 amide bonds. The molecule has 79 heavy (non-hydrogen) atoms. The van der Waals surface area contributed by atoms with Gasteiger partial charge in [0.05, 0.1) is 25.4 Å².